The van der Waals surface area contributed by atoms with Gasteiger partial charge in [0.25, 0.3) is 0 Å². The lowest BCUT2D eigenvalue weighted by Crippen LogP contribution is -2.27. The van der Waals surface area contributed by atoms with Crippen LogP contribution in [0.2, 0.25) is 0 Å². The minimum Gasteiger partial charge on any atom is -0.0654 e. The van der Waals surface area contributed by atoms with Crippen molar-refractivity contribution in [3.8, 4) is 0 Å². The van der Waals surface area contributed by atoms with Crippen LogP contribution in [-0.4, -0.2) is 0 Å². The predicted octanol–water partition coefficient (Wildman–Crippen LogP) is 5.73. The fourth-order valence-corrected chi connectivity index (χ4v) is 2.11. The van der Waals surface area contributed by atoms with Gasteiger partial charge in [-0.2, -0.15) is 0 Å². The summed E-state index contributed by atoms with van der Waals surface area (Å²) in [4.78, 5) is 0. The zero-order valence-electron chi connectivity index (χ0n) is 12.6. The van der Waals surface area contributed by atoms with Crippen molar-refractivity contribution in [3.05, 3.63) is 6.42 Å². The van der Waals surface area contributed by atoms with Crippen molar-refractivity contribution in [1.29, 1.82) is 0 Å². The van der Waals surface area contributed by atoms with E-state index in [4.69, 9.17) is 0 Å². The molecule has 0 heteroatoms. The van der Waals surface area contributed by atoms with Crippen LogP contribution in [0.1, 0.15) is 74.1 Å². The molecule has 0 aromatic carbocycles. The van der Waals surface area contributed by atoms with Crippen LogP contribution in [0.3, 0.4) is 0 Å². The molecule has 2 unspecified atom stereocenters. The molecule has 1 radical (unpaired) electrons. The molecule has 0 N–H and O–H groups in total. The van der Waals surface area contributed by atoms with Crippen molar-refractivity contribution in [1.82, 2.24) is 0 Å². The highest BCUT2D eigenvalue weighted by molar-refractivity contribution is 4.83. The van der Waals surface area contributed by atoms with Crippen LogP contribution in [0.5, 0.6) is 0 Å². The average molecular weight is 225 g/mol. The number of rotatable bonds is 8. The van der Waals surface area contributed by atoms with Crippen LogP contribution in [0, 0.1) is 29.6 Å². The molecule has 0 spiro atoms. The van der Waals surface area contributed by atoms with Crippen molar-refractivity contribution < 1.29 is 0 Å². The van der Waals surface area contributed by atoms with E-state index in [9.17, 15) is 0 Å². The summed E-state index contributed by atoms with van der Waals surface area (Å²) in [6, 6.07) is 0. The fraction of sp³-hybridized carbons (Fsp3) is 0.938. The highest BCUT2D eigenvalue weighted by atomic mass is 14.3. The topological polar surface area (TPSA) is 0 Å². The maximum Gasteiger partial charge on any atom is -0.0305 e. The molecule has 0 aliphatic carbocycles. The van der Waals surface area contributed by atoms with E-state index in [1.165, 1.54) is 25.7 Å². The molecule has 97 valence electrons. The molecule has 0 nitrogen and oxygen atoms in total. The van der Waals surface area contributed by atoms with E-state index in [0.29, 0.717) is 5.41 Å². The molecule has 0 saturated carbocycles. The highest BCUT2D eigenvalue weighted by Gasteiger charge is 2.28. The van der Waals surface area contributed by atoms with Gasteiger partial charge in [-0.25, -0.2) is 0 Å². The van der Waals surface area contributed by atoms with Crippen LogP contribution in [0.15, 0.2) is 0 Å². The minimum atomic E-state index is 0.463. The van der Waals surface area contributed by atoms with Gasteiger partial charge in [0.1, 0.15) is 0 Å². The Morgan fingerprint density at radius 3 is 2.00 bits per heavy atom. The van der Waals surface area contributed by atoms with Gasteiger partial charge in [-0.1, -0.05) is 61.3 Å². The second-order valence-corrected chi connectivity index (χ2v) is 6.53. The second-order valence-electron chi connectivity index (χ2n) is 6.53. The van der Waals surface area contributed by atoms with Gasteiger partial charge in [-0.05, 0) is 42.4 Å². The number of hydrogen-bond donors (Lipinski definition) is 0. The second kappa shape index (κ2) is 7.35. The Hall–Kier alpha value is 0. The van der Waals surface area contributed by atoms with Gasteiger partial charge in [0.15, 0.2) is 0 Å². The van der Waals surface area contributed by atoms with Crippen molar-refractivity contribution in [2.45, 2.75) is 74.1 Å². The quantitative estimate of drug-likeness (QED) is 0.495. The third kappa shape index (κ3) is 5.37. The first-order valence-electron chi connectivity index (χ1n) is 7.14. The Bertz CT molecular complexity index is 167. The lowest BCUT2D eigenvalue weighted by molar-refractivity contribution is 0.148. The Labute approximate surface area is 104 Å². The van der Waals surface area contributed by atoms with Gasteiger partial charge in [0.2, 0.25) is 0 Å². The first-order chi connectivity index (χ1) is 7.32. The van der Waals surface area contributed by atoms with Gasteiger partial charge >= 0.3 is 0 Å². The van der Waals surface area contributed by atoms with Crippen LogP contribution in [0.25, 0.3) is 0 Å². The van der Waals surface area contributed by atoms with E-state index in [2.05, 4.69) is 54.9 Å². The summed E-state index contributed by atoms with van der Waals surface area (Å²) in [5.74, 6) is 2.43. The Morgan fingerprint density at radius 2 is 1.56 bits per heavy atom. The van der Waals surface area contributed by atoms with E-state index in [1.54, 1.807) is 0 Å². The van der Waals surface area contributed by atoms with Gasteiger partial charge in [-0.3, -0.25) is 0 Å². The van der Waals surface area contributed by atoms with Gasteiger partial charge in [-0.15, -0.1) is 0 Å². The molecule has 16 heavy (non-hydrogen) atoms. The Morgan fingerprint density at radius 1 is 1.00 bits per heavy atom. The third-order valence-electron chi connectivity index (χ3n) is 4.63. The monoisotopic (exact) mass is 225 g/mol. The summed E-state index contributed by atoms with van der Waals surface area (Å²) >= 11 is 0. The lowest BCUT2D eigenvalue weighted by atomic mass is 9.70. The van der Waals surface area contributed by atoms with Crippen LogP contribution >= 0.6 is 0 Å². The zero-order valence-corrected chi connectivity index (χ0v) is 12.6. The first kappa shape index (κ1) is 16.0. The van der Waals surface area contributed by atoms with E-state index >= 15 is 0 Å². The molecule has 2 atom stereocenters. The van der Waals surface area contributed by atoms with Crippen molar-refractivity contribution >= 4 is 0 Å². The van der Waals surface area contributed by atoms with E-state index in [0.717, 1.165) is 17.8 Å². The molecule has 0 heterocycles. The van der Waals surface area contributed by atoms with Crippen molar-refractivity contribution in [3.63, 3.8) is 0 Å². The predicted molar refractivity (Wildman–Crippen MR) is 75.4 cm³/mol. The van der Waals surface area contributed by atoms with E-state index < -0.39 is 0 Å². The maximum atomic E-state index is 2.52. The number of hydrogen-bond acceptors (Lipinski definition) is 0. The van der Waals surface area contributed by atoms with Gasteiger partial charge < -0.3 is 0 Å². The molecule has 0 amide bonds. The molecule has 0 saturated heterocycles. The molecule has 0 aromatic rings. The summed E-state index contributed by atoms with van der Waals surface area (Å²) in [6.45, 7) is 16.6. The molecule has 0 fully saturated rings. The molecule has 0 aliphatic rings. The first-order valence-corrected chi connectivity index (χ1v) is 7.14. The molecular formula is C16H33. The maximum absolute atomic E-state index is 2.52. The van der Waals surface area contributed by atoms with E-state index in [-0.39, 0.29) is 0 Å². The van der Waals surface area contributed by atoms with Crippen LogP contribution < -0.4 is 0 Å². The summed E-state index contributed by atoms with van der Waals surface area (Å²) in [5.41, 5.74) is 0.463. The SMILES string of the molecule is CCCC(C)C[CH]CC(C)C(C)(C)C(C)C. The largest absolute Gasteiger partial charge is 0.0654 e. The van der Waals surface area contributed by atoms with Crippen LogP contribution in [-0.2, 0) is 0 Å². The smallest absolute Gasteiger partial charge is 0.0305 e. The molecule has 0 aromatic heterocycles. The van der Waals surface area contributed by atoms with E-state index in [1.807, 2.05) is 0 Å². The highest BCUT2D eigenvalue weighted by Crippen LogP contribution is 2.37. The fourth-order valence-electron chi connectivity index (χ4n) is 2.11. The summed E-state index contributed by atoms with van der Waals surface area (Å²) in [5, 5.41) is 0. The molecule has 0 bridgehead atoms. The van der Waals surface area contributed by atoms with Gasteiger partial charge in [0.05, 0.1) is 0 Å². The lowest BCUT2D eigenvalue weighted by Gasteiger charge is -2.36. The zero-order chi connectivity index (χ0) is 12.8. The standard InChI is InChI=1S/C16H33/c1-8-10-14(4)11-9-12-15(5)16(6,7)13(2)3/h9,13-15H,8,10-12H2,1-7H3. The van der Waals surface area contributed by atoms with Crippen LogP contribution in [0.4, 0.5) is 0 Å². The summed E-state index contributed by atoms with van der Waals surface area (Å²) < 4.78 is 0. The normalized spacial score (nSPS) is 16.5. The summed E-state index contributed by atoms with van der Waals surface area (Å²) in [7, 11) is 0. The Balaban J connectivity index is 3.85. The molecular weight excluding hydrogens is 192 g/mol. The van der Waals surface area contributed by atoms with Crippen molar-refractivity contribution in [2.24, 2.45) is 23.2 Å². The Kier molecular flexibility index (Phi) is 7.35. The third-order valence-corrected chi connectivity index (χ3v) is 4.63. The summed E-state index contributed by atoms with van der Waals surface area (Å²) in [6.07, 6.45) is 7.79. The minimum absolute atomic E-state index is 0.463. The molecule has 0 aliphatic heterocycles. The average Bonchev–Trinajstić information content (AvgIpc) is 2.17. The van der Waals surface area contributed by atoms with Gasteiger partial charge in [0, 0.05) is 0 Å². The molecule has 0 rings (SSSR count). The van der Waals surface area contributed by atoms with Crippen molar-refractivity contribution in [2.75, 3.05) is 0 Å².